The van der Waals surface area contributed by atoms with E-state index in [9.17, 15) is 17.9 Å². The highest BCUT2D eigenvalue weighted by molar-refractivity contribution is 7.92. The maximum Gasteiger partial charge on any atom is 0.234 e. The number of hydrogen-bond acceptors (Lipinski definition) is 7. The molecule has 33 heavy (non-hydrogen) atoms. The second kappa shape index (κ2) is 7.69. The number of halogens is 1. The average Bonchev–Trinajstić information content (AvgIpc) is 3.19. The summed E-state index contributed by atoms with van der Waals surface area (Å²) < 4.78 is 42.8. The lowest BCUT2D eigenvalue weighted by Crippen LogP contribution is -2.41. The number of benzene rings is 2. The fraction of sp³-hybridized carbons (Fsp3) is 0.227. The van der Waals surface area contributed by atoms with Crippen LogP contribution in [0.4, 0.5) is 15.9 Å². The minimum Gasteiger partial charge on any atom is -0.508 e. The molecule has 3 N–H and O–H groups in total. The molecule has 0 fully saturated rings. The van der Waals surface area contributed by atoms with Crippen molar-refractivity contribution in [2.45, 2.75) is 19.4 Å². The Morgan fingerprint density at radius 3 is 2.76 bits per heavy atom. The second-order valence-corrected chi connectivity index (χ2v) is 10.0. The largest absolute Gasteiger partial charge is 0.508 e. The molecule has 1 unspecified atom stereocenters. The fourth-order valence-electron chi connectivity index (χ4n) is 4.28. The first-order chi connectivity index (χ1) is 15.8. The lowest BCUT2D eigenvalue weighted by Gasteiger charge is -2.35. The highest BCUT2D eigenvalue weighted by Gasteiger charge is 2.34. The Bertz CT molecular complexity index is 1470. The molecule has 0 aliphatic carbocycles. The number of fused-ring (bicyclic) bond motifs is 2. The predicted octanol–water partition coefficient (Wildman–Crippen LogP) is 2.87. The molecule has 9 nitrogen and oxygen atoms in total. The molecule has 5 rings (SSSR count). The van der Waals surface area contributed by atoms with Crippen molar-refractivity contribution in [1.82, 2.24) is 19.7 Å². The Morgan fingerprint density at radius 1 is 1.21 bits per heavy atom. The first kappa shape index (κ1) is 21.1. The molecule has 0 saturated carbocycles. The molecule has 0 saturated heterocycles. The molecule has 2 aromatic heterocycles. The summed E-state index contributed by atoms with van der Waals surface area (Å²) in [6, 6.07) is 10.6. The molecule has 11 heteroatoms. The van der Waals surface area contributed by atoms with Crippen LogP contribution in [0.5, 0.6) is 5.75 Å². The van der Waals surface area contributed by atoms with Crippen LogP contribution in [0.3, 0.4) is 0 Å². The van der Waals surface area contributed by atoms with Gasteiger partial charge in [0.2, 0.25) is 10.0 Å². The number of para-hydroxylation sites is 1. The number of sulfonamides is 1. The minimum absolute atomic E-state index is 0.0448. The van der Waals surface area contributed by atoms with Gasteiger partial charge in [0.05, 0.1) is 29.4 Å². The highest BCUT2D eigenvalue weighted by Crippen LogP contribution is 2.38. The van der Waals surface area contributed by atoms with Gasteiger partial charge in [-0.15, -0.1) is 0 Å². The topological polar surface area (TPSA) is 127 Å². The zero-order valence-electron chi connectivity index (χ0n) is 17.7. The van der Waals surface area contributed by atoms with E-state index in [0.717, 1.165) is 11.6 Å². The molecule has 3 heterocycles. The molecule has 170 valence electrons. The number of anilines is 2. The van der Waals surface area contributed by atoms with Crippen molar-refractivity contribution in [2.24, 2.45) is 0 Å². The van der Waals surface area contributed by atoms with Crippen LogP contribution < -0.4 is 10.0 Å². The van der Waals surface area contributed by atoms with Gasteiger partial charge in [-0.05, 0) is 37.1 Å². The molecule has 0 amide bonds. The number of aromatic hydroxyl groups is 1. The van der Waals surface area contributed by atoms with Crippen LogP contribution in [0.1, 0.15) is 18.5 Å². The van der Waals surface area contributed by atoms with Gasteiger partial charge in [-0.1, -0.05) is 18.2 Å². The summed E-state index contributed by atoms with van der Waals surface area (Å²) >= 11 is 0. The van der Waals surface area contributed by atoms with Crippen LogP contribution in [-0.2, 0) is 16.4 Å². The number of hydrogen-bond donors (Lipinski definition) is 2. The molecule has 2 aromatic carbocycles. The van der Waals surface area contributed by atoms with Gasteiger partial charge < -0.3 is 10.8 Å². The van der Waals surface area contributed by atoms with Gasteiger partial charge in [-0.3, -0.25) is 4.31 Å². The van der Waals surface area contributed by atoms with Gasteiger partial charge in [0.25, 0.3) is 0 Å². The van der Waals surface area contributed by atoms with Gasteiger partial charge in [0.15, 0.2) is 5.65 Å². The Morgan fingerprint density at radius 2 is 2.00 bits per heavy atom. The summed E-state index contributed by atoms with van der Waals surface area (Å²) in [7, 11) is -3.54. The number of aromatic nitrogens is 4. The van der Waals surface area contributed by atoms with Crippen molar-refractivity contribution in [3.8, 4) is 17.0 Å². The Labute approximate surface area is 189 Å². The SMILES string of the molecule is CCS(=O)(=O)N1CC(n2nc(-c3cc(O)cc(F)c3)c3c(N)ncnc32)Cc2ccccc21. The lowest BCUT2D eigenvalue weighted by atomic mass is 10.00. The Balaban J connectivity index is 1.71. The van der Waals surface area contributed by atoms with Crippen LogP contribution in [0, 0.1) is 5.82 Å². The van der Waals surface area contributed by atoms with Gasteiger partial charge in [0, 0.05) is 11.6 Å². The lowest BCUT2D eigenvalue weighted by molar-refractivity contribution is 0.456. The fourth-order valence-corrected chi connectivity index (χ4v) is 5.47. The van der Waals surface area contributed by atoms with E-state index in [1.165, 1.54) is 22.8 Å². The Hall–Kier alpha value is -3.73. The van der Waals surface area contributed by atoms with E-state index in [1.807, 2.05) is 18.2 Å². The van der Waals surface area contributed by atoms with E-state index in [0.29, 0.717) is 34.4 Å². The first-order valence-electron chi connectivity index (χ1n) is 10.4. The van der Waals surface area contributed by atoms with Gasteiger partial charge in [0.1, 0.15) is 29.4 Å². The van der Waals surface area contributed by atoms with Crippen LogP contribution in [0.15, 0.2) is 48.8 Å². The number of phenolic OH excluding ortho intramolecular Hbond substituents is 1. The Kier molecular flexibility index (Phi) is 4.93. The van der Waals surface area contributed by atoms with E-state index < -0.39 is 21.9 Å². The van der Waals surface area contributed by atoms with Crippen molar-refractivity contribution in [3.05, 3.63) is 60.2 Å². The summed E-state index contributed by atoms with van der Waals surface area (Å²) in [5, 5.41) is 15.0. The maximum atomic E-state index is 14.0. The minimum atomic E-state index is -3.54. The third-order valence-corrected chi connectivity index (χ3v) is 7.56. The van der Waals surface area contributed by atoms with Crippen molar-refractivity contribution >= 4 is 32.6 Å². The average molecular weight is 469 g/mol. The van der Waals surface area contributed by atoms with E-state index in [1.54, 1.807) is 17.7 Å². The summed E-state index contributed by atoms with van der Waals surface area (Å²) in [5.74, 6) is -0.777. The maximum absolute atomic E-state index is 14.0. The molecular formula is C22H21FN6O3S. The monoisotopic (exact) mass is 468 g/mol. The molecular weight excluding hydrogens is 447 g/mol. The van der Waals surface area contributed by atoms with Gasteiger partial charge >= 0.3 is 0 Å². The summed E-state index contributed by atoms with van der Waals surface area (Å²) in [6.07, 6.45) is 1.82. The zero-order valence-corrected chi connectivity index (χ0v) is 18.5. The first-order valence-corrected chi connectivity index (χ1v) is 12.0. The normalized spacial score (nSPS) is 16.2. The van der Waals surface area contributed by atoms with Crippen molar-refractivity contribution in [1.29, 1.82) is 0 Å². The number of nitrogen functional groups attached to an aromatic ring is 1. The molecule has 0 radical (unpaired) electrons. The number of phenols is 1. The third kappa shape index (κ3) is 3.54. The predicted molar refractivity (Wildman–Crippen MR) is 123 cm³/mol. The van der Waals surface area contributed by atoms with E-state index >= 15 is 0 Å². The van der Waals surface area contributed by atoms with Crippen LogP contribution in [0.2, 0.25) is 0 Å². The van der Waals surface area contributed by atoms with E-state index in [4.69, 9.17) is 5.73 Å². The molecule has 4 aromatic rings. The molecule has 0 bridgehead atoms. The van der Waals surface area contributed by atoms with Crippen molar-refractivity contribution < 1.29 is 17.9 Å². The summed E-state index contributed by atoms with van der Waals surface area (Å²) in [6.45, 7) is 1.76. The quantitative estimate of drug-likeness (QED) is 0.471. The summed E-state index contributed by atoms with van der Waals surface area (Å²) in [4.78, 5) is 8.41. The molecule has 1 atom stereocenters. The molecule has 0 spiro atoms. The number of rotatable bonds is 4. The zero-order chi connectivity index (χ0) is 23.3. The van der Waals surface area contributed by atoms with Gasteiger partial charge in [-0.2, -0.15) is 5.10 Å². The van der Waals surface area contributed by atoms with E-state index in [-0.39, 0.29) is 23.9 Å². The van der Waals surface area contributed by atoms with E-state index in [2.05, 4.69) is 15.1 Å². The molecule has 1 aliphatic heterocycles. The third-order valence-electron chi connectivity index (χ3n) is 5.81. The van der Waals surface area contributed by atoms with Gasteiger partial charge in [-0.25, -0.2) is 27.5 Å². The highest BCUT2D eigenvalue weighted by atomic mass is 32.2. The van der Waals surface area contributed by atoms with Crippen LogP contribution in [-0.4, -0.2) is 45.6 Å². The number of nitrogens with two attached hydrogens (primary N) is 1. The smallest absolute Gasteiger partial charge is 0.234 e. The standard InChI is InChI=1S/C22H21FN6O3S/c1-2-33(31,32)28-11-16(8-13-5-3-4-6-18(13)28)29-22-19(21(24)25-12-26-22)20(27-29)14-7-15(23)10-17(30)9-14/h3-7,9-10,12,16,30H,2,8,11H2,1H3,(H2,24,25,26). The van der Waals surface area contributed by atoms with Crippen molar-refractivity contribution in [3.63, 3.8) is 0 Å². The van der Waals surface area contributed by atoms with Crippen molar-refractivity contribution in [2.75, 3.05) is 22.3 Å². The van der Waals surface area contributed by atoms with Crippen LogP contribution in [0.25, 0.3) is 22.3 Å². The second-order valence-electron chi connectivity index (χ2n) is 7.87. The summed E-state index contributed by atoms with van der Waals surface area (Å²) in [5.41, 5.74) is 8.67. The molecule has 1 aliphatic rings. The van der Waals surface area contributed by atoms with Crippen LogP contribution >= 0.6 is 0 Å². The number of nitrogens with zero attached hydrogens (tertiary/aromatic N) is 5.